The van der Waals surface area contributed by atoms with Gasteiger partial charge in [0.1, 0.15) is 31.1 Å². The molecular formula is C19H24FN2O2S+. The molecule has 0 unspecified atom stereocenters. The molecule has 2 heterocycles. The molecule has 0 bridgehead atoms. The molecule has 0 aliphatic carbocycles. The molecule has 1 aliphatic rings. The Morgan fingerprint density at radius 3 is 2.56 bits per heavy atom. The highest BCUT2D eigenvalue weighted by atomic mass is 32.1. The third-order valence-corrected chi connectivity index (χ3v) is 5.30. The van der Waals surface area contributed by atoms with Crippen LogP contribution in [0.1, 0.15) is 30.3 Å². The lowest BCUT2D eigenvalue weighted by atomic mass is 10.1. The number of quaternary nitrogens is 1. The highest BCUT2D eigenvalue weighted by Gasteiger charge is 2.28. The standard InChI is InChI=1S/C19H23FN2O2S/c1-13-10-22(11-14(2)24-13)12-18(23)21-19(17-4-3-9-25-17)15-5-7-16(20)8-6-15/h3-9,13-14,19H,10-12H2,1-2H3,(H,21,23)/p+1/t13-,14-,19-/m0/s1. The van der Waals surface area contributed by atoms with Crippen molar-refractivity contribution in [1.29, 1.82) is 0 Å². The Kier molecular flexibility index (Phi) is 5.83. The summed E-state index contributed by atoms with van der Waals surface area (Å²) in [6, 6.07) is 10.0. The minimum atomic E-state index is -0.277. The number of morpholine rings is 1. The largest absolute Gasteiger partial charge is 0.364 e. The predicted molar refractivity (Wildman–Crippen MR) is 96.3 cm³/mol. The summed E-state index contributed by atoms with van der Waals surface area (Å²) >= 11 is 1.58. The summed E-state index contributed by atoms with van der Waals surface area (Å²) in [7, 11) is 0. The van der Waals surface area contributed by atoms with Crippen molar-refractivity contribution in [2.75, 3.05) is 19.6 Å². The molecule has 4 nitrogen and oxygen atoms in total. The SMILES string of the molecule is C[C@H]1C[NH+](CC(=O)N[C@@H](c2ccc(F)cc2)c2cccs2)C[C@H](C)O1. The van der Waals surface area contributed by atoms with E-state index >= 15 is 0 Å². The summed E-state index contributed by atoms with van der Waals surface area (Å²) in [4.78, 5) is 14.9. The average Bonchev–Trinajstić information content (AvgIpc) is 3.06. The van der Waals surface area contributed by atoms with E-state index in [9.17, 15) is 9.18 Å². The van der Waals surface area contributed by atoms with E-state index in [1.165, 1.54) is 17.0 Å². The molecule has 0 spiro atoms. The van der Waals surface area contributed by atoms with E-state index in [2.05, 4.69) is 5.32 Å². The van der Waals surface area contributed by atoms with Crippen LogP contribution in [-0.4, -0.2) is 37.7 Å². The Hall–Kier alpha value is -1.76. The predicted octanol–water partition coefficient (Wildman–Crippen LogP) is 1.78. The zero-order chi connectivity index (χ0) is 17.8. The molecule has 134 valence electrons. The van der Waals surface area contributed by atoms with Gasteiger partial charge in [0, 0.05) is 4.88 Å². The van der Waals surface area contributed by atoms with Crippen molar-refractivity contribution in [3.05, 3.63) is 58.0 Å². The van der Waals surface area contributed by atoms with Crippen LogP contribution in [-0.2, 0) is 9.53 Å². The third kappa shape index (κ3) is 4.87. The average molecular weight is 363 g/mol. The Morgan fingerprint density at radius 2 is 1.96 bits per heavy atom. The molecular weight excluding hydrogens is 339 g/mol. The number of carbonyl (C=O) groups is 1. The molecule has 1 aliphatic heterocycles. The number of carbonyl (C=O) groups excluding carboxylic acids is 1. The second-order valence-corrected chi connectivity index (χ2v) is 7.64. The molecule has 1 saturated heterocycles. The summed E-state index contributed by atoms with van der Waals surface area (Å²) in [6.07, 6.45) is 0.327. The second-order valence-electron chi connectivity index (χ2n) is 6.66. The molecule has 2 N–H and O–H groups in total. The van der Waals surface area contributed by atoms with E-state index in [-0.39, 0.29) is 30.0 Å². The van der Waals surface area contributed by atoms with Crippen molar-refractivity contribution < 1.29 is 18.8 Å². The van der Waals surface area contributed by atoms with Gasteiger partial charge in [0.15, 0.2) is 6.54 Å². The van der Waals surface area contributed by atoms with Crippen LogP contribution in [0, 0.1) is 5.82 Å². The summed E-state index contributed by atoms with van der Waals surface area (Å²) in [5, 5.41) is 5.10. The van der Waals surface area contributed by atoms with E-state index in [4.69, 9.17) is 4.74 Å². The molecule has 3 rings (SSSR count). The highest BCUT2D eigenvalue weighted by molar-refractivity contribution is 7.10. The van der Waals surface area contributed by atoms with Crippen molar-refractivity contribution in [2.24, 2.45) is 0 Å². The van der Waals surface area contributed by atoms with Crippen molar-refractivity contribution in [1.82, 2.24) is 5.32 Å². The molecule has 0 saturated carbocycles. The lowest BCUT2D eigenvalue weighted by Gasteiger charge is -2.32. The van der Waals surface area contributed by atoms with Crippen LogP contribution in [0.5, 0.6) is 0 Å². The van der Waals surface area contributed by atoms with E-state index in [1.54, 1.807) is 23.5 Å². The summed E-state index contributed by atoms with van der Waals surface area (Å²) in [5.74, 6) is -0.278. The molecule has 1 aromatic heterocycles. The maximum absolute atomic E-state index is 13.2. The van der Waals surface area contributed by atoms with E-state index < -0.39 is 0 Å². The first-order valence-corrected chi connectivity index (χ1v) is 9.46. The van der Waals surface area contributed by atoms with Crippen LogP contribution in [0.3, 0.4) is 0 Å². The smallest absolute Gasteiger partial charge is 0.275 e. The van der Waals surface area contributed by atoms with E-state index in [0.717, 1.165) is 23.5 Å². The van der Waals surface area contributed by atoms with Crippen molar-refractivity contribution in [3.63, 3.8) is 0 Å². The van der Waals surface area contributed by atoms with Crippen LogP contribution in [0.2, 0.25) is 0 Å². The van der Waals surface area contributed by atoms with Crippen molar-refractivity contribution in [2.45, 2.75) is 32.1 Å². The normalized spacial score (nSPS) is 24.7. The lowest BCUT2D eigenvalue weighted by Crippen LogP contribution is -3.16. The van der Waals surface area contributed by atoms with Gasteiger partial charge in [-0.15, -0.1) is 11.3 Å². The van der Waals surface area contributed by atoms with Gasteiger partial charge in [-0.2, -0.15) is 0 Å². The quantitative estimate of drug-likeness (QED) is 0.851. The van der Waals surface area contributed by atoms with Gasteiger partial charge in [0.05, 0.1) is 6.04 Å². The van der Waals surface area contributed by atoms with Crippen LogP contribution < -0.4 is 10.2 Å². The fraction of sp³-hybridized carbons (Fsp3) is 0.421. The number of amides is 1. The number of benzene rings is 1. The summed E-state index contributed by atoms with van der Waals surface area (Å²) in [6.45, 7) is 6.16. The minimum Gasteiger partial charge on any atom is -0.364 e. The maximum Gasteiger partial charge on any atom is 0.275 e. The Bertz CT molecular complexity index is 680. The molecule has 1 fully saturated rings. The monoisotopic (exact) mass is 363 g/mol. The molecule has 1 aromatic carbocycles. The number of thiophene rings is 1. The highest BCUT2D eigenvalue weighted by Crippen LogP contribution is 2.26. The van der Waals surface area contributed by atoms with Gasteiger partial charge in [-0.05, 0) is 43.0 Å². The van der Waals surface area contributed by atoms with Crippen LogP contribution in [0.25, 0.3) is 0 Å². The number of hydrogen-bond acceptors (Lipinski definition) is 3. The van der Waals surface area contributed by atoms with Gasteiger partial charge in [0.2, 0.25) is 0 Å². The summed E-state index contributed by atoms with van der Waals surface area (Å²) < 4.78 is 19.0. The summed E-state index contributed by atoms with van der Waals surface area (Å²) in [5.41, 5.74) is 0.885. The van der Waals surface area contributed by atoms with Gasteiger partial charge in [-0.1, -0.05) is 18.2 Å². The Morgan fingerprint density at radius 1 is 1.28 bits per heavy atom. The first-order chi connectivity index (χ1) is 12.0. The molecule has 6 heteroatoms. The van der Waals surface area contributed by atoms with Crippen molar-refractivity contribution in [3.8, 4) is 0 Å². The number of ether oxygens (including phenoxy) is 1. The van der Waals surface area contributed by atoms with Crippen molar-refractivity contribution >= 4 is 17.2 Å². The first-order valence-electron chi connectivity index (χ1n) is 8.58. The van der Waals surface area contributed by atoms with Gasteiger partial charge in [-0.3, -0.25) is 4.79 Å². The van der Waals surface area contributed by atoms with E-state index in [0.29, 0.717) is 6.54 Å². The first kappa shape index (κ1) is 18.0. The number of rotatable bonds is 5. The maximum atomic E-state index is 13.2. The molecule has 25 heavy (non-hydrogen) atoms. The Labute approximate surface area is 151 Å². The fourth-order valence-electron chi connectivity index (χ4n) is 3.40. The zero-order valence-corrected chi connectivity index (χ0v) is 15.3. The topological polar surface area (TPSA) is 42.8 Å². The lowest BCUT2D eigenvalue weighted by molar-refractivity contribution is -0.907. The molecule has 3 atom stereocenters. The number of halogens is 1. The molecule has 2 aromatic rings. The van der Waals surface area contributed by atoms with Gasteiger partial charge < -0.3 is 15.0 Å². The van der Waals surface area contributed by atoms with Gasteiger partial charge in [-0.25, -0.2) is 4.39 Å². The van der Waals surface area contributed by atoms with Crippen LogP contribution >= 0.6 is 11.3 Å². The Balaban J connectivity index is 1.70. The number of nitrogens with one attached hydrogen (secondary N) is 2. The minimum absolute atomic E-state index is 0.000903. The zero-order valence-electron chi connectivity index (χ0n) is 14.5. The van der Waals surface area contributed by atoms with Gasteiger partial charge >= 0.3 is 0 Å². The second kappa shape index (κ2) is 8.08. The molecule has 0 radical (unpaired) electrons. The van der Waals surface area contributed by atoms with E-state index in [1.807, 2.05) is 31.4 Å². The number of hydrogen-bond donors (Lipinski definition) is 2. The fourth-order valence-corrected chi connectivity index (χ4v) is 4.20. The van der Waals surface area contributed by atoms with Crippen LogP contribution in [0.4, 0.5) is 4.39 Å². The van der Waals surface area contributed by atoms with Gasteiger partial charge in [0.25, 0.3) is 5.91 Å². The third-order valence-electron chi connectivity index (χ3n) is 4.36. The molecule has 1 amide bonds. The van der Waals surface area contributed by atoms with Crippen LogP contribution in [0.15, 0.2) is 41.8 Å².